The van der Waals surface area contributed by atoms with E-state index in [0.29, 0.717) is 0 Å². The normalized spacial score (nSPS) is 13.0. The third kappa shape index (κ3) is 1.29. The molecule has 1 heterocycles. The van der Waals surface area contributed by atoms with Crippen molar-refractivity contribution in [1.82, 2.24) is 15.0 Å². The fourth-order valence-corrected chi connectivity index (χ4v) is 0.561. The van der Waals surface area contributed by atoms with Gasteiger partial charge in [-0.05, 0) is 0 Å². The maximum atomic E-state index is 5.67. The van der Waals surface area contributed by atoms with E-state index in [9.17, 15) is 0 Å². The number of alkyl halides is 1. The highest BCUT2D eigenvalue weighted by Gasteiger charge is 1.98. The first kappa shape index (κ1) is 6.29. The van der Waals surface area contributed by atoms with Gasteiger partial charge in [-0.3, -0.25) is 0 Å². The number of allylic oxidation sites excluding steroid dienone is 1. The van der Waals surface area contributed by atoms with E-state index in [4.69, 9.17) is 11.6 Å². The fraction of sp³-hybridized carbons (Fsp3) is 0.200. The van der Waals surface area contributed by atoms with E-state index in [1.807, 2.05) is 0 Å². The number of halogens is 1. The fourth-order valence-electron chi connectivity index (χ4n) is 0.457. The lowest BCUT2D eigenvalue weighted by Crippen LogP contribution is -1.99. The van der Waals surface area contributed by atoms with Gasteiger partial charge in [0, 0.05) is 6.20 Å². The number of aromatic nitrogens is 3. The van der Waals surface area contributed by atoms with Gasteiger partial charge >= 0.3 is 0 Å². The van der Waals surface area contributed by atoms with Gasteiger partial charge in [0.2, 0.25) is 0 Å². The zero-order chi connectivity index (χ0) is 6.69. The Hall–Kier alpha value is -0.830. The summed E-state index contributed by atoms with van der Waals surface area (Å²) in [6.45, 7) is 3.50. The molecule has 1 rings (SSSR count). The van der Waals surface area contributed by atoms with Gasteiger partial charge in [0.15, 0.2) is 0 Å². The molecule has 0 radical (unpaired) electrons. The molecule has 0 amide bonds. The molecule has 0 aliphatic rings. The summed E-state index contributed by atoms with van der Waals surface area (Å²) in [5.74, 6) is 0. The van der Waals surface area contributed by atoms with Crippen LogP contribution < -0.4 is 0 Å². The van der Waals surface area contributed by atoms with Crippen LogP contribution in [-0.2, 0) is 0 Å². The predicted molar refractivity (Wildman–Crippen MR) is 35.1 cm³/mol. The molecule has 0 saturated carbocycles. The Morgan fingerprint density at radius 3 is 3.00 bits per heavy atom. The summed E-state index contributed by atoms with van der Waals surface area (Å²) in [4.78, 5) is 0. The predicted octanol–water partition coefficient (Wildman–Crippen LogP) is 1.20. The Labute approximate surface area is 57.9 Å². The number of nitrogens with zero attached hydrogens (tertiary/aromatic N) is 3. The van der Waals surface area contributed by atoms with Crippen molar-refractivity contribution in [2.75, 3.05) is 0 Å². The van der Waals surface area contributed by atoms with Crippen LogP contribution in [0.3, 0.4) is 0 Å². The lowest BCUT2D eigenvalue weighted by molar-refractivity contribution is 0.642. The molecule has 48 valence electrons. The van der Waals surface area contributed by atoms with Crippen molar-refractivity contribution in [1.29, 1.82) is 0 Å². The van der Waals surface area contributed by atoms with Crippen LogP contribution in [-0.4, -0.2) is 15.0 Å². The Bertz CT molecular complexity index is 182. The molecule has 0 aliphatic carbocycles. The number of hydrogen-bond acceptors (Lipinski definition) is 2. The highest BCUT2D eigenvalue weighted by Crippen LogP contribution is 2.08. The molecule has 1 aromatic heterocycles. The van der Waals surface area contributed by atoms with E-state index in [-0.39, 0.29) is 5.50 Å². The summed E-state index contributed by atoms with van der Waals surface area (Å²) in [5, 5.41) is 7.22. The zero-order valence-corrected chi connectivity index (χ0v) is 5.49. The van der Waals surface area contributed by atoms with Crippen LogP contribution in [0.25, 0.3) is 0 Å². The summed E-state index contributed by atoms with van der Waals surface area (Å²) in [6.07, 6.45) is 4.83. The molecule has 0 fully saturated rings. The van der Waals surface area contributed by atoms with E-state index in [1.54, 1.807) is 18.5 Å². The third-order valence-electron chi connectivity index (χ3n) is 0.888. The highest BCUT2D eigenvalue weighted by molar-refractivity contribution is 6.20. The second-order valence-electron chi connectivity index (χ2n) is 1.49. The minimum absolute atomic E-state index is 0.285. The minimum atomic E-state index is -0.285. The van der Waals surface area contributed by atoms with Crippen molar-refractivity contribution < 1.29 is 0 Å². The zero-order valence-electron chi connectivity index (χ0n) is 4.74. The van der Waals surface area contributed by atoms with E-state index in [0.717, 1.165) is 0 Å². The van der Waals surface area contributed by atoms with E-state index in [2.05, 4.69) is 16.9 Å². The van der Waals surface area contributed by atoms with Gasteiger partial charge in [-0.15, -0.1) is 5.10 Å². The van der Waals surface area contributed by atoms with Gasteiger partial charge in [-0.25, -0.2) is 4.68 Å². The van der Waals surface area contributed by atoms with Crippen LogP contribution in [0.5, 0.6) is 0 Å². The summed E-state index contributed by atoms with van der Waals surface area (Å²) in [7, 11) is 0. The van der Waals surface area contributed by atoms with Crippen LogP contribution >= 0.6 is 11.6 Å². The molecule has 9 heavy (non-hydrogen) atoms. The van der Waals surface area contributed by atoms with E-state index >= 15 is 0 Å². The number of rotatable bonds is 2. The Balaban J connectivity index is 2.76. The molecule has 1 atom stereocenters. The lowest BCUT2D eigenvalue weighted by atomic mass is 10.6. The largest absolute Gasteiger partial charge is 0.231 e. The smallest absolute Gasteiger partial charge is 0.145 e. The summed E-state index contributed by atoms with van der Waals surface area (Å²) < 4.78 is 1.51. The molecule has 0 spiro atoms. The summed E-state index contributed by atoms with van der Waals surface area (Å²) in [5.41, 5.74) is -0.285. The highest BCUT2D eigenvalue weighted by atomic mass is 35.5. The van der Waals surface area contributed by atoms with Gasteiger partial charge in [-0.1, -0.05) is 29.5 Å². The first-order chi connectivity index (χ1) is 4.34. The molecule has 0 aliphatic heterocycles. The summed E-state index contributed by atoms with van der Waals surface area (Å²) >= 11 is 5.67. The minimum Gasteiger partial charge on any atom is -0.231 e. The quantitative estimate of drug-likeness (QED) is 0.460. The van der Waals surface area contributed by atoms with Crippen molar-refractivity contribution in [2.45, 2.75) is 5.50 Å². The van der Waals surface area contributed by atoms with Crippen LogP contribution in [0, 0.1) is 0 Å². The standard InChI is InChI=1S/C5H6ClN3/c1-2-5(6)9-4-3-7-8-9/h2-5H,1H2. The van der Waals surface area contributed by atoms with Gasteiger partial charge in [0.1, 0.15) is 5.50 Å². The molecule has 4 heteroatoms. The first-order valence-electron chi connectivity index (χ1n) is 2.47. The maximum absolute atomic E-state index is 5.67. The molecule has 0 N–H and O–H groups in total. The van der Waals surface area contributed by atoms with Gasteiger partial charge in [0.05, 0.1) is 6.20 Å². The second kappa shape index (κ2) is 2.64. The van der Waals surface area contributed by atoms with E-state index < -0.39 is 0 Å². The van der Waals surface area contributed by atoms with Crippen molar-refractivity contribution in [3.05, 3.63) is 25.0 Å². The first-order valence-corrected chi connectivity index (χ1v) is 2.90. The van der Waals surface area contributed by atoms with E-state index in [1.165, 1.54) is 4.68 Å². The lowest BCUT2D eigenvalue weighted by Gasteiger charge is -1.99. The third-order valence-corrected chi connectivity index (χ3v) is 1.27. The topological polar surface area (TPSA) is 30.7 Å². The SMILES string of the molecule is C=CC(Cl)n1ccnn1. The molecule has 0 saturated heterocycles. The van der Waals surface area contributed by atoms with Crippen LogP contribution in [0.4, 0.5) is 0 Å². The molecule has 1 unspecified atom stereocenters. The molecule has 1 aromatic rings. The Kier molecular flexibility index (Phi) is 1.85. The van der Waals surface area contributed by atoms with Crippen molar-refractivity contribution in [2.24, 2.45) is 0 Å². The average molecular weight is 144 g/mol. The van der Waals surface area contributed by atoms with Crippen LogP contribution in [0.2, 0.25) is 0 Å². The van der Waals surface area contributed by atoms with Crippen molar-refractivity contribution in [3.8, 4) is 0 Å². The Morgan fingerprint density at radius 1 is 1.78 bits per heavy atom. The molecule has 3 nitrogen and oxygen atoms in total. The molecule has 0 aromatic carbocycles. The van der Waals surface area contributed by atoms with Gasteiger partial charge in [0.25, 0.3) is 0 Å². The van der Waals surface area contributed by atoms with Crippen molar-refractivity contribution in [3.63, 3.8) is 0 Å². The monoisotopic (exact) mass is 143 g/mol. The molecule has 0 bridgehead atoms. The molecular weight excluding hydrogens is 138 g/mol. The maximum Gasteiger partial charge on any atom is 0.145 e. The van der Waals surface area contributed by atoms with Crippen molar-refractivity contribution >= 4 is 11.6 Å². The number of hydrogen-bond donors (Lipinski definition) is 0. The van der Waals surface area contributed by atoms with Crippen LogP contribution in [0.15, 0.2) is 25.0 Å². The second-order valence-corrected chi connectivity index (χ2v) is 1.94. The molecular formula is C5H6ClN3. The average Bonchev–Trinajstić information content (AvgIpc) is 2.37. The summed E-state index contributed by atoms with van der Waals surface area (Å²) in [6, 6.07) is 0. The Morgan fingerprint density at radius 2 is 2.56 bits per heavy atom. The van der Waals surface area contributed by atoms with Crippen LogP contribution in [0.1, 0.15) is 5.50 Å². The van der Waals surface area contributed by atoms with Gasteiger partial charge in [-0.2, -0.15) is 0 Å². The van der Waals surface area contributed by atoms with Gasteiger partial charge < -0.3 is 0 Å².